The fraction of sp³-hybridized carbons (Fsp3) is 0.250. The number of nitrogens with zero attached hydrogens (tertiary/aromatic N) is 1. The number of halogens is 2. The van der Waals surface area contributed by atoms with E-state index in [0.717, 1.165) is 18.6 Å². The highest BCUT2D eigenvalue weighted by Gasteiger charge is 2.26. The smallest absolute Gasteiger partial charge is 0.264 e. The van der Waals surface area contributed by atoms with Crippen molar-refractivity contribution in [1.82, 2.24) is 0 Å². The van der Waals surface area contributed by atoms with Gasteiger partial charge in [-0.05, 0) is 55.3 Å². The van der Waals surface area contributed by atoms with Gasteiger partial charge in [0, 0.05) is 12.2 Å². The minimum absolute atomic E-state index is 0.0697. The van der Waals surface area contributed by atoms with Gasteiger partial charge in [-0.1, -0.05) is 0 Å². The lowest BCUT2D eigenvalue weighted by molar-refractivity contribution is 0.555. The largest absolute Gasteiger partial charge is 0.280 e. The van der Waals surface area contributed by atoms with Crippen LogP contribution < -0.4 is 9.03 Å². The molecule has 10 heteroatoms. The van der Waals surface area contributed by atoms with E-state index in [2.05, 4.69) is 4.72 Å². The van der Waals surface area contributed by atoms with Crippen LogP contribution in [-0.2, 0) is 20.0 Å². The summed E-state index contributed by atoms with van der Waals surface area (Å²) in [5, 5.41) is 0. The third-order valence-electron chi connectivity index (χ3n) is 3.94. The van der Waals surface area contributed by atoms with E-state index in [9.17, 15) is 25.6 Å². The van der Waals surface area contributed by atoms with Crippen molar-refractivity contribution in [2.24, 2.45) is 0 Å². The van der Waals surface area contributed by atoms with Crippen molar-refractivity contribution in [3.63, 3.8) is 0 Å². The van der Waals surface area contributed by atoms with Crippen molar-refractivity contribution in [3.05, 3.63) is 54.1 Å². The lowest BCUT2D eigenvalue weighted by Gasteiger charge is -2.28. The SMILES string of the molecule is O=S(=O)(Nc1ccc(N2CCCCS2(=O)=O)cc1)c1cc(F)ccc1F. The summed E-state index contributed by atoms with van der Waals surface area (Å²) in [6.07, 6.45) is 1.35. The second-order valence-electron chi connectivity index (χ2n) is 5.82. The molecular weight excluding hydrogens is 386 g/mol. The first-order chi connectivity index (χ1) is 12.2. The van der Waals surface area contributed by atoms with Gasteiger partial charge in [-0.15, -0.1) is 0 Å². The van der Waals surface area contributed by atoms with E-state index in [1.165, 1.54) is 28.6 Å². The molecule has 0 aliphatic carbocycles. The third-order valence-corrected chi connectivity index (χ3v) is 7.21. The summed E-state index contributed by atoms with van der Waals surface area (Å²) in [6.45, 7) is 0.363. The molecule has 2 aromatic carbocycles. The van der Waals surface area contributed by atoms with Crippen LogP contribution in [0.5, 0.6) is 0 Å². The molecule has 3 rings (SSSR count). The number of hydrogen-bond acceptors (Lipinski definition) is 4. The zero-order chi connectivity index (χ0) is 18.9. The summed E-state index contributed by atoms with van der Waals surface area (Å²) < 4.78 is 79.0. The number of sulfonamides is 2. The molecule has 1 aliphatic heterocycles. The minimum Gasteiger partial charge on any atom is -0.280 e. The molecule has 0 spiro atoms. The van der Waals surface area contributed by atoms with Gasteiger partial charge >= 0.3 is 0 Å². The third kappa shape index (κ3) is 3.80. The zero-order valence-corrected chi connectivity index (χ0v) is 15.2. The minimum atomic E-state index is -4.32. The second-order valence-corrected chi connectivity index (χ2v) is 9.49. The second kappa shape index (κ2) is 6.84. The van der Waals surface area contributed by atoms with Gasteiger partial charge in [0.1, 0.15) is 16.5 Å². The molecule has 0 radical (unpaired) electrons. The molecule has 1 heterocycles. The Bertz CT molecular complexity index is 1020. The van der Waals surface area contributed by atoms with E-state index in [4.69, 9.17) is 0 Å². The van der Waals surface area contributed by atoms with Crippen LogP contribution in [0.25, 0.3) is 0 Å². The van der Waals surface area contributed by atoms with Crippen LogP contribution >= 0.6 is 0 Å². The fourth-order valence-corrected chi connectivity index (χ4v) is 5.46. The van der Waals surface area contributed by atoms with Gasteiger partial charge in [0.05, 0.1) is 11.4 Å². The summed E-state index contributed by atoms with van der Waals surface area (Å²) in [7, 11) is -7.70. The number of nitrogens with one attached hydrogen (secondary N) is 1. The molecule has 1 saturated heterocycles. The van der Waals surface area contributed by atoms with Gasteiger partial charge in [0.15, 0.2) is 0 Å². The van der Waals surface area contributed by atoms with Crippen molar-refractivity contribution < 1.29 is 25.6 Å². The van der Waals surface area contributed by atoms with Gasteiger partial charge in [-0.2, -0.15) is 0 Å². The number of rotatable bonds is 4. The Morgan fingerprint density at radius 1 is 1.00 bits per heavy atom. The van der Waals surface area contributed by atoms with Crippen LogP contribution in [0.1, 0.15) is 12.8 Å². The molecule has 0 atom stereocenters. The monoisotopic (exact) mass is 402 g/mol. The lowest BCUT2D eigenvalue weighted by Crippen LogP contribution is -2.37. The Kier molecular flexibility index (Phi) is 4.89. The molecule has 1 fully saturated rings. The van der Waals surface area contributed by atoms with Crippen LogP contribution in [0.2, 0.25) is 0 Å². The Morgan fingerprint density at radius 3 is 2.35 bits per heavy atom. The van der Waals surface area contributed by atoms with E-state index in [-0.39, 0.29) is 11.4 Å². The lowest BCUT2D eigenvalue weighted by atomic mass is 10.2. The number of benzene rings is 2. The normalized spacial score (nSPS) is 17.1. The predicted molar refractivity (Wildman–Crippen MR) is 94.0 cm³/mol. The Labute approximate surface area is 150 Å². The first kappa shape index (κ1) is 18.6. The van der Waals surface area contributed by atoms with E-state index in [1.54, 1.807) is 0 Å². The van der Waals surface area contributed by atoms with E-state index in [1.807, 2.05) is 0 Å². The molecule has 0 bridgehead atoms. The van der Waals surface area contributed by atoms with E-state index >= 15 is 0 Å². The number of anilines is 2. The maximum Gasteiger partial charge on any atom is 0.264 e. The van der Waals surface area contributed by atoms with Crippen LogP contribution in [0.3, 0.4) is 0 Å². The summed E-state index contributed by atoms with van der Waals surface area (Å²) in [4.78, 5) is -0.805. The van der Waals surface area contributed by atoms with E-state index < -0.39 is 36.6 Å². The van der Waals surface area contributed by atoms with Crippen molar-refractivity contribution in [2.75, 3.05) is 21.3 Å². The van der Waals surface area contributed by atoms with E-state index in [0.29, 0.717) is 24.7 Å². The molecule has 1 N–H and O–H groups in total. The number of hydrogen-bond donors (Lipinski definition) is 1. The standard InChI is InChI=1S/C16H16F2N2O4S2/c17-12-3-8-15(18)16(11-12)26(23,24)19-13-4-6-14(7-5-13)20-9-1-2-10-25(20,21)22/h3-8,11,19H,1-2,9-10H2. The fourth-order valence-electron chi connectivity index (χ4n) is 2.67. The highest BCUT2D eigenvalue weighted by molar-refractivity contribution is 7.93. The topological polar surface area (TPSA) is 83.6 Å². The average Bonchev–Trinajstić information content (AvgIpc) is 2.57. The van der Waals surface area contributed by atoms with Crippen molar-refractivity contribution in [2.45, 2.75) is 17.7 Å². The van der Waals surface area contributed by atoms with Gasteiger partial charge in [-0.3, -0.25) is 9.03 Å². The highest BCUT2D eigenvalue weighted by Crippen LogP contribution is 2.26. The van der Waals surface area contributed by atoms with Crippen LogP contribution in [0, 0.1) is 11.6 Å². The zero-order valence-electron chi connectivity index (χ0n) is 13.5. The summed E-state index contributed by atoms with van der Waals surface area (Å²) in [5.41, 5.74) is 0.524. The molecule has 140 valence electrons. The van der Waals surface area contributed by atoms with Gasteiger partial charge < -0.3 is 0 Å². The summed E-state index contributed by atoms with van der Waals surface area (Å²) in [6, 6.07) is 7.80. The van der Waals surface area contributed by atoms with Crippen molar-refractivity contribution >= 4 is 31.4 Å². The van der Waals surface area contributed by atoms with Gasteiger partial charge in [-0.25, -0.2) is 25.6 Å². The van der Waals surface area contributed by atoms with Crippen LogP contribution in [-0.4, -0.2) is 29.1 Å². The highest BCUT2D eigenvalue weighted by atomic mass is 32.2. The first-order valence-corrected chi connectivity index (χ1v) is 10.9. The maximum atomic E-state index is 13.7. The molecule has 26 heavy (non-hydrogen) atoms. The average molecular weight is 402 g/mol. The molecule has 6 nitrogen and oxygen atoms in total. The molecule has 1 aliphatic rings. The quantitative estimate of drug-likeness (QED) is 0.852. The van der Waals surface area contributed by atoms with Gasteiger partial charge in [0.2, 0.25) is 10.0 Å². The van der Waals surface area contributed by atoms with Crippen molar-refractivity contribution in [3.8, 4) is 0 Å². The predicted octanol–water partition coefficient (Wildman–Crippen LogP) is 2.70. The Balaban J connectivity index is 1.84. The van der Waals surface area contributed by atoms with Crippen molar-refractivity contribution in [1.29, 1.82) is 0 Å². The van der Waals surface area contributed by atoms with Crippen LogP contribution in [0.15, 0.2) is 47.4 Å². The molecule has 2 aromatic rings. The summed E-state index contributed by atoms with van der Waals surface area (Å²) >= 11 is 0. The summed E-state index contributed by atoms with van der Waals surface area (Å²) in [5.74, 6) is -1.88. The first-order valence-electron chi connectivity index (χ1n) is 7.77. The Morgan fingerprint density at radius 2 is 1.69 bits per heavy atom. The van der Waals surface area contributed by atoms with Crippen LogP contribution in [0.4, 0.5) is 20.2 Å². The molecule has 0 unspecified atom stereocenters. The maximum absolute atomic E-state index is 13.7. The molecule has 0 saturated carbocycles. The molecule has 0 amide bonds. The molecular formula is C16H16F2N2O4S2. The van der Waals surface area contributed by atoms with Gasteiger partial charge in [0.25, 0.3) is 10.0 Å². The Hall–Kier alpha value is -2.20. The molecule has 0 aromatic heterocycles.